The number of nitrogens with one attached hydrogen (secondary N) is 2. The monoisotopic (exact) mass is 349 g/mol. The van der Waals surface area contributed by atoms with Crippen LogP contribution in [0.3, 0.4) is 0 Å². The summed E-state index contributed by atoms with van der Waals surface area (Å²) in [5.41, 5.74) is 1.91. The largest absolute Gasteiger partial charge is 0.370 e. The zero-order valence-electron chi connectivity index (χ0n) is 13.9. The molecule has 1 heterocycles. The molecule has 0 saturated carbocycles. The number of aryl methyl sites for hydroxylation is 1. The third-order valence-electron chi connectivity index (χ3n) is 3.36. The van der Waals surface area contributed by atoms with Gasteiger partial charge in [0.1, 0.15) is 5.82 Å². The second-order valence-corrected chi connectivity index (χ2v) is 7.07. The first-order valence-corrected chi connectivity index (χ1v) is 9.38. The molecule has 0 bridgehead atoms. The fraction of sp³-hybridized carbons (Fsp3) is 0.375. The van der Waals surface area contributed by atoms with Gasteiger partial charge >= 0.3 is 0 Å². The van der Waals surface area contributed by atoms with Crippen LogP contribution in [0.15, 0.2) is 35.2 Å². The molecule has 0 amide bonds. The van der Waals surface area contributed by atoms with Crippen molar-refractivity contribution in [3.63, 3.8) is 0 Å². The zero-order valence-corrected chi connectivity index (χ0v) is 14.7. The van der Waals surface area contributed by atoms with Gasteiger partial charge in [0.25, 0.3) is 0 Å². The molecule has 0 atom stereocenters. The molecule has 0 aliphatic heterocycles. The molecule has 0 aliphatic rings. The van der Waals surface area contributed by atoms with Crippen LogP contribution in [0.5, 0.6) is 0 Å². The van der Waals surface area contributed by atoms with Crippen LogP contribution in [0, 0.1) is 6.92 Å². The smallest absolute Gasteiger partial charge is 0.238 e. The molecule has 2 rings (SSSR count). The number of hydrogen-bond donors (Lipinski definition) is 3. The van der Waals surface area contributed by atoms with Crippen molar-refractivity contribution in [3.8, 4) is 0 Å². The molecular weight excluding hydrogens is 326 g/mol. The Labute approximate surface area is 142 Å². The van der Waals surface area contributed by atoms with Crippen LogP contribution < -0.4 is 15.8 Å². The highest BCUT2D eigenvalue weighted by Gasteiger charge is 2.07. The van der Waals surface area contributed by atoms with Gasteiger partial charge in [0, 0.05) is 24.8 Å². The van der Waals surface area contributed by atoms with Gasteiger partial charge in [-0.15, -0.1) is 0 Å². The summed E-state index contributed by atoms with van der Waals surface area (Å²) in [6, 6.07) is 8.46. The number of rotatable bonds is 8. The maximum Gasteiger partial charge on any atom is 0.238 e. The minimum Gasteiger partial charge on any atom is -0.370 e. The average molecular weight is 349 g/mol. The number of anilines is 2. The number of hydrogen-bond acceptors (Lipinski definition) is 6. The molecule has 24 heavy (non-hydrogen) atoms. The highest BCUT2D eigenvalue weighted by Crippen LogP contribution is 2.12. The third-order valence-corrected chi connectivity index (χ3v) is 4.29. The van der Waals surface area contributed by atoms with E-state index in [1.54, 1.807) is 12.1 Å². The third kappa shape index (κ3) is 5.47. The first-order chi connectivity index (χ1) is 11.4. The van der Waals surface area contributed by atoms with Crippen molar-refractivity contribution in [1.82, 2.24) is 9.97 Å². The van der Waals surface area contributed by atoms with Crippen LogP contribution >= 0.6 is 0 Å². The molecule has 0 spiro atoms. The lowest BCUT2D eigenvalue weighted by Gasteiger charge is -2.09. The van der Waals surface area contributed by atoms with Gasteiger partial charge in [-0.1, -0.05) is 19.1 Å². The van der Waals surface area contributed by atoms with E-state index in [4.69, 9.17) is 5.14 Å². The lowest BCUT2D eigenvalue weighted by atomic mass is 10.1. The minimum atomic E-state index is -3.64. The maximum absolute atomic E-state index is 11.2. The Morgan fingerprint density at radius 1 is 1.08 bits per heavy atom. The highest BCUT2D eigenvalue weighted by molar-refractivity contribution is 7.89. The molecule has 0 unspecified atom stereocenters. The van der Waals surface area contributed by atoms with E-state index in [1.165, 1.54) is 12.1 Å². The number of nitrogens with zero attached hydrogens (tertiary/aromatic N) is 2. The van der Waals surface area contributed by atoms with Crippen molar-refractivity contribution < 1.29 is 8.42 Å². The van der Waals surface area contributed by atoms with Crippen LogP contribution in [0.1, 0.15) is 24.6 Å². The Bertz CT molecular complexity index is 776. The molecule has 4 N–H and O–H groups in total. The SMILES string of the molecule is CCCNc1nc(C)cc(NCCc2ccc(S(N)(=O)=O)cc2)n1. The molecule has 0 saturated heterocycles. The van der Waals surface area contributed by atoms with Crippen LogP contribution in [0.4, 0.5) is 11.8 Å². The molecule has 8 heteroatoms. The van der Waals surface area contributed by atoms with Gasteiger partial charge in [0.05, 0.1) is 4.90 Å². The maximum atomic E-state index is 11.2. The second-order valence-electron chi connectivity index (χ2n) is 5.51. The Morgan fingerprint density at radius 3 is 2.42 bits per heavy atom. The van der Waals surface area contributed by atoms with Gasteiger partial charge in [0.2, 0.25) is 16.0 Å². The summed E-state index contributed by atoms with van der Waals surface area (Å²) >= 11 is 0. The first-order valence-electron chi connectivity index (χ1n) is 7.83. The van der Waals surface area contributed by atoms with Crippen molar-refractivity contribution >= 4 is 21.8 Å². The molecule has 0 aliphatic carbocycles. The standard InChI is InChI=1S/C16H23N5O2S/c1-3-9-19-16-20-12(2)11-15(21-16)18-10-8-13-4-6-14(7-5-13)24(17,22)23/h4-7,11H,3,8-10H2,1-2H3,(H2,17,22,23)(H2,18,19,20,21). The minimum absolute atomic E-state index is 0.122. The molecule has 1 aromatic heterocycles. The van der Waals surface area contributed by atoms with E-state index in [0.717, 1.165) is 36.5 Å². The average Bonchev–Trinajstić information content (AvgIpc) is 2.52. The fourth-order valence-electron chi connectivity index (χ4n) is 2.16. The lowest BCUT2D eigenvalue weighted by Crippen LogP contribution is -2.12. The summed E-state index contributed by atoms with van der Waals surface area (Å²) in [7, 11) is -3.64. The number of benzene rings is 1. The highest BCUT2D eigenvalue weighted by atomic mass is 32.2. The number of aromatic nitrogens is 2. The summed E-state index contributed by atoms with van der Waals surface area (Å²) in [6.07, 6.45) is 1.75. The normalized spacial score (nSPS) is 11.3. The summed E-state index contributed by atoms with van der Waals surface area (Å²) in [5, 5.41) is 11.5. The van der Waals surface area contributed by atoms with E-state index in [2.05, 4.69) is 27.5 Å². The lowest BCUT2D eigenvalue weighted by molar-refractivity contribution is 0.598. The Morgan fingerprint density at radius 2 is 1.79 bits per heavy atom. The van der Waals surface area contributed by atoms with E-state index >= 15 is 0 Å². The van der Waals surface area contributed by atoms with E-state index in [9.17, 15) is 8.42 Å². The van der Waals surface area contributed by atoms with Gasteiger partial charge < -0.3 is 10.6 Å². The van der Waals surface area contributed by atoms with Crippen LogP contribution in [0.2, 0.25) is 0 Å². The summed E-state index contributed by atoms with van der Waals surface area (Å²) in [5.74, 6) is 1.39. The predicted octanol–water partition coefficient (Wildman–Crippen LogP) is 1.91. The Kier molecular flexibility index (Phi) is 6.10. The quantitative estimate of drug-likeness (QED) is 0.671. The first kappa shape index (κ1) is 18.2. The summed E-state index contributed by atoms with van der Waals surface area (Å²) in [6.45, 7) is 5.52. The molecule has 1 aromatic carbocycles. The van der Waals surface area contributed by atoms with E-state index < -0.39 is 10.0 Å². The van der Waals surface area contributed by atoms with Gasteiger partial charge in [0.15, 0.2) is 0 Å². The van der Waals surface area contributed by atoms with E-state index in [-0.39, 0.29) is 4.90 Å². The molecule has 130 valence electrons. The number of nitrogens with two attached hydrogens (primary N) is 1. The van der Waals surface area contributed by atoms with Crippen LogP contribution in [0.25, 0.3) is 0 Å². The van der Waals surface area contributed by atoms with Crippen LogP contribution in [-0.2, 0) is 16.4 Å². The second kappa shape index (κ2) is 8.07. The van der Waals surface area contributed by atoms with E-state index in [0.29, 0.717) is 12.5 Å². The molecule has 0 radical (unpaired) electrons. The van der Waals surface area contributed by atoms with Gasteiger partial charge in [-0.25, -0.2) is 18.5 Å². The van der Waals surface area contributed by atoms with Crippen LogP contribution in [-0.4, -0.2) is 31.5 Å². The number of primary sulfonamides is 1. The number of sulfonamides is 1. The van der Waals surface area contributed by atoms with Gasteiger partial charge in [-0.05, 0) is 37.5 Å². The van der Waals surface area contributed by atoms with Gasteiger partial charge in [-0.2, -0.15) is 4.98 Å². The van der Waals surface area contributed by atoms with Crippen molar-refractivity contribution in [1.29, 1.82) is 0 Å². The molecule has 2 aromatic rings. The Hall–Kier alpha value is -2.19. The summed E-state index contributed by atoms with van der Waals surface area (Å²) in [4.78, 5) is 8.88. The molecule has 7 nitrogen and oxygen atoms in total. The summed E-state index contributed by atoms with van der Waals surface area (Å²) < 4.78 is 22.5. The Balaban J connectivity index is 1.93. The molecule has 0 fully saturated rings. The van der Waals surface area contributed by atoms with Crippen molar-refractivity contribution in [2.45, 2.75) is 31.6 Å². The topological polar surface area (TPSA) is 110 Å². The van der Waals surface area contributed by atoms with Crippen molar-refractivity contribution in [3.05, 3.63) is 41.6 Å². The van der Waals surface area contributed by atoms with E-state index in [1.807, 2.05) is 13.0 Å². The fourth-order valence-corrected chi connectivity index (χ4v) is 2.67. The van der Waals surface area contributed by atoms with Crippen molar-refractivity contribution in [2.24, 2.45) is 5.14 Å². The van der Waals surface area contributed by atoms with Crippen molar-refractivity contribution in [2.75, 3.05) is 23.7 Å². The predicted molar refractivity (Wildman–Crippen MR) is 95.6 cm³/mol. The van der Waals surface area contributed by atoms with Gasteiger partial charge in [-0.3, -0.25) is 0 Å². The molecular formula is C16H23N5O2S. The zero-order chi connectivity index (χ0) is 17.6.